The van der Waals surface area contributed by atoms with Crippen molar-refractivity contribution >= 4 is 17.6 Å². The van der Waals surface area contributed by atoms with Crippen LogP contribution in [-0.2, 0) is 36.2 Å². The van der Waals surface area contributed by atoms with Crippen LogP contribution >= 0.6 is 11.8 Å². The lowest BCUT2D eigenvalue weighted by molar-refractivity contribution is -0.137. The first-order valence-corrected chi connectivity index (χ1v) is 17.7. The summed E-state index contributed by atoms with van der Waals surface area (Å²) < 4.78 is 54.9. The maximum absolute atomic E-state index is 13.5. The summed E-state index contributed by atoms with van der Waals surface area (Å²) in [4.78, 5) is 28.3. The number of benzene rings is 3. The van der Waals surface area contributed by atoms with E-state index in [1.54, 1.807) is 12.1 Å². The van der Waals surface area contributed by atoms with Crippen LogP contribution < -0.4 is 5.56 Å². The smallest absolute Gasteiger partial charge is 0.364 e. The Kier molecular flexibility index (Phi) is 9.77. The van der Waals surface area contributed by atoms with E-state index < -0.39 is 18.0 Å². The molecule has 0 spiro atoms. The molecule has 3 aromatic carbocycles. The van der Waals surface area contributed by atoms with Gasteiger partial charge in [0.2, 0.25) is 6.23 Å². The molecule has 256 valence electrons. The number of hydrogen-bond donors (Lipinski definition) is 0. The first-order valence-electron chi connectivity index (χ1n) is 16.7. The Bertz CT molecular complexity index is 1850. The van der Waals surface area contributed by atoms with Crippen molar-refractivity contribution in [3.8, 4) is 11.1 Å². The molecular weight excluding hydrogens is 654 g/mol. The third-order valence-electron chi connectivity index (χ3n) is 9.50. The number of halogens is 4. The molecule has 4 aromatic rings. The number of amidine groups is 1. The molecule has 1 aromatic heterocycles. The van der Waals surface area contributed by atoms with E-state index in [0.29, 0.717) is 36.0 Å². The molecular formula is C37H37F4N5O2S. The monoisotopic (exact) mass is 691 g/mol. The van der Waals surface area contributed by atoms with Gasteiger partial charge in [-0.3, -0.25) is 4.79 Å². The molecule has 7 rings (SSSR count). The van der Waals surface area contributed by atoms with E-state index in [4.69, 9.17) is 4.84 Å². The molecule has 0 saturated carbocycles. The van der Waals surface area contributed by atoms with Gasteiger partial charge in [-0.15, -0.1) is 0 Å². The molecule has 3 aliphatic rings. The van der Waals surface area contributed by atoms with Crippen LogP contribution in [0.2, 0.25) is 0 Å². The number of thioether (sulfide) groups is 1. The summed E-state index contributed by atoms with van der Waals surface area (Å²) in [6.07, 6.45) is 1.07. The minimum atomic E-state index is -4.38. The van der Waals surface area contributed by atoms with Crippen LogP contribution in [0.4, 0.5) is 17.6 Å². The number of nitrogens with zero attached hydrogens (tertiary/aromatic N) is 5. The SMILES string of the molecule is O=c1nc(SCc2ccc(F)cc2)n(CC2=NOC(c3ccc(-c4ccc(C(F)(F)F)cc4)cc3)N2CCN2CCCCC2)c2c1CCC2. The van der Waals surface area contributed by atoms with Crippen molar-refractivity contribution < 1.29 is 22.4 Å². The summed E-state index contributed by atoms with van der Waals surface area (Å²) >= 11 is 1.45. The average Bonchev–Trinajstić information content (AvgIpc) is 3.77. The van der Waals surface area contributed by atoms with Crippen molar-refractivity contribution in [1.82, 2.24) is 19.4 Å². The predicted molar refractivity (Wildman–Crippen MR) is 182 cm³/mol. The lowest BCUT2D eigenvalue weighted by atomic mass is 10.0. The molecule has 1 fully saturated rings. The van der Waals surface area contributed by atoms with Crippen molar-refractivity contribution in [1.29, 1.82) is 0 Å². The first kappa shape index (κ1) is 33.3. The Hall–Kier alpha value is -4.16. The summed E-state index contributed by atoms with van der Waals surface area (Å²) in [6.45, 7) is 4.00. The van der Waals surface area contributed by atoms with Crippen molar-refractivity contribution in [2.24, 2.45) is 5.16 Å². The van der Waals surface area contributed by atoms with Crippen LogP contribution in [0.5, 0.6) is 0 Å². The van der Waals surface area contributed by atoms with E-state index in [-0.39, 0.29) is 11.4 Å². The molecule has 0 amide bonds. The van der Waals surface area contributed by atoms with Crippen LogP contribution in [0.1, 0.15) is 59.9 Å². The fourth-order valence-corrected chi connectivity index (χ4v) is 7.78. The fourth-order valence-electron chi connectivity index (χ4n) is 6.82. The van der Waals surface area contributed by atoms with Crippen LogP contribution in [0.15, 0.2) is 87.9 Å². The minimum Gasteiger partial charge on any atom is -0.364 e. The minimum absolute atomic E-state index is 0.192. The molecule has 0 bridgehead atoms. The molecule has 2 aliphatic heterocycles. The maximum atomic E-state index is 13.5. The Labute approximate surface area is 286 Å². The van der Waals surface area contributed by atoms with E-state index in [1.165, 1.54) is 55.3 Å². The van der Waals surface area contributed by atoms with E-state index in [9.17, 15) is 22.4 Å². The second kappa shape index (κ2) is 14.4. The topological polar surface area (TPSA) is 63.0 Å². The second-order valence-electron chi connectivity index (χ2n) is 12.7. The third-order valence-corrected chi connectivity index (χ3v) is 10.5. The molecule has 7 nitrogen and oxygen atoms in total. The lowest BCUT2D eigenvalue weighted by Gasteiger charge is -2.31. The number of aromatic nitrogens is 2. The third kappa shape index (κ3) is 7.55. The van der Waals surface area contributed by atoms with Gasteiger partial charge < -0.3 is 19.2 Å². The molecule has 0 radical (unpaired) electrons. The highest BCUT2D eigenvalue weighted by atomic mass is 32.2. The van der Waals surface area contributed by atoms with Crippen LogP contribution in [0.25, 0.3) is 11.1 Å². The molecule has 1 aliphatic carbocycles. The van der Waals surface area contributed by atoms with Gasteiger partial charge in [-0.25, -0.2) is 4.39 Å². The largest absolute Gasteiger partial charge is 0.416 e. The Morgan fingerprint density at radius 2 is 1.53 bits per heavy atom. The number of alkyl halides is 3. The molecule has 0 N–H and O–H groups in total. The number of oxime groups is 1. The van der Waals surface area contributed by atoms with E-state index in [1.807, 2.05) is 24.3 Å². The summed E-state index contributed by atoms with van der Waals surface area (Å²) in [5.41, 5.74) is 4.15. The standard InChI is InChI=1S/C37H37F4N5O2S/c38-30-17-7-25(8-18-30)24-49-36-42-34(47)31-5-4-6-32(31)46(36)23-33-43-48-35(45(33)22-21-44-19-2-1-3-20-44)28-11-9-26(10-12-28)27-13-15-29(16-14-27)37(39,40)41/h7-18,35H,1-6,19-24H2. The van der Waals surface area contributed by atoms with Gasteiger partial charge in [0, 0.05) is 35.7 Å². The zero-order valence-corrected chi connectivity index (χ0v) is 27.8. The fraction of sp³-hybridized carbons (Fsp3) is 0.378. The second-order valence-corrected chi connectivity index (χ2v) is 13.7. The van der Waals surface area contributed by atoms with Gasteiger partial charge in [0.15, 0.2) is 11.0 Å². The van der Waals surface area contributed by atoms with Crippen LogP contribution in [0.3, 0.4) is 0 Å². The number of likely N-dealkylation sites (tertiary alicyclic amines) is 1. The number of piperidine rings is 1. The van der Waals surface area contributed by atoms with Gasteiger partial charge in [-0.05, 0) is 86.1 Å². The quantitative estimate of drug-likeness (QED) is 0.0967. The zero-order valence-electron chi connectivity index (χ0n) is 27.0. The highest BCUT2D eigenvalue weighted by Crippen LogP contribution is 2.34. The van der Waals surface area contributed by atoms with Gasteiger partial charge in [-0.2, -0.15) is 18.2 Å². The Morgan fingerprint density at radius 1 is 0.837 bits per heavy atom. The Morgan fingerprint density at radius 3 is 2.22 bits per heavy atom. The summed E-state index contributed by atoms with van der Waals surface area (Å²) in [7, 11) is 0. The lowest BCUT2D eigenvalue weighted by Crippen LogP contribution is -2.41. The highest BCUT2D eigenvalue weighted by Gasteiger charge is 2.34. The van der Waals surface area contributed by atoms with Crippen molar-refractivity contribution in [3.05, 3.63) is 117 Å². The van der Waals surface area contributed by atoms with Crippen molar-refractivity contribution in [3.63, 3.8) is 0 Å². The molecule has 1 unspecified atom stereocenters. The van der Waals surface area contributed by atoms with E-state index in [0.717, 1.165) is 78.4 Å². The Balaban J connectivity index is 1.15. The molecule has 1 saturated heterocycles. The van der Waals surface area contributed by atoms with Gasteiger partial charge in [0.1, 0.15) is 5.82 Å². The summed E-state index contributed by atoms with van der Waals surface area (Å²) in [5, 5.41) is 5.20. The van der Waals surface area contributed by atoms with Gasteiger partial charge in [0.05, 0.1) is 12.1 Å². The molecule has 12 heteroatoms. The average molecular weight is 692 g/mol. The number of rotatable bonds is 10. The number of hydrogen-bond acceptors (Lipinski definition) is 7. The maximum Gasteiger partial charge on any atom is 0.416 e. The van der Waals surface area contributed by atoms with Crippen LogP contribution in [0, 0.1) is 5.82 Å². The van der Waals surface area contributed by atoms with Crippen LogP contribution in [-0.4, -0.2) is 51.4 Å². The molecule has 3 heterocycles. The predicted octanol–water partition coefficient (Wildman–Crippen LogP) is 7.68. The number of fused-ring (bicyclic) bond motifs is 1. The first-order chi connectivity index (χ1) is 23.7. The van der Waals surface area contributed by atoms with Crippen molar-refractivity contribution in [2.45, 2.75) is 68.4 Å². The van der Waals surface area contributed by atoms with Gasteiger partial charge in [-0.1, -0.05) is 71.9 Å². The molecule has 1 atom stereocenters. The summed E-state index contributed by atoms with van der Waals surface area (Å²) in [5.74, 6) is 0.965. The van der Waals surface area contributed by atoms with Gasteiger partial charge in [0.25, 0.3) is 5.56 Å². The normalized spacial score (nSPS) is 18.0. The van der Waals surface area contributed by atoms with Crippen molar-refractivity contribution in [2.75, 3.05) is 26.2 Å². The van der Waals surface area contributed by atoms with E-state index in [2.05, 4.69) is 24.5 Å². The highest BCUT2D eigenvalue weighted by molar-refractivity contribution is 7.98. The zero-order chi connectivity index (χ0) is 34.0. The summed E-state index contributed by atoms with van der Waals surface area (Å²) in [6, 6.07) is 19.2. The van der Waals surface area contributed by atoms with Gasteiger partial charge >= 0.3 is 6.18 Å². The van der Waals surface area contributed by atoms with E-state index >= 15 is 0 Å². The molecule has 49 heavy (non-hydrogen) atoms.